The second-order valence-electron chi connectivity index (χ2n) is 9.06. The van der Waals surface area contributed by atoms with E-state index in [-0.39, 0.29) is 23.8 Å². The molecule has 0 aliphatic carbocycles. The fourth-order valence-electron chi connectivity index (χ4n) is 5.00. The largest absolute Gasteiger partial charge is 0.341 e. The topological polar surface area (TPSA) is 43.9 Å². The predicted molar refractivity (Wildman–Crippen MR) is 127 cm³/mol. The summed E-state index contributed by atoms with van der Waals surface area (Å²) < 4.78 is 0. The Kier molecular flexibility index (Phi) is 7.59. The quantitative estimate of drug-likeness (QED) is 0.697. The van der Waals surface area contributed by atoms with Gasteiger partial charge in [0.1, 0.15) is 0 Å². The average molecular weight is 434 g/mol. The molecule has 0 bridgehead atoms. The number of rotatable bonds is 6. The maximum absolute atomic E-state index is 13.2. The van der Waals surface area contributed by atoms with E-state index in [1.165, 1.54) is 17.5 Å². The van der Waals surface area contributed by atoms with Crippen LogP contribution < -0.4 is 0 Å². The summed E-state index contributed by atoms with van der Waals surface area (Å²) in [5, 5.41) is 0. The molecule has 5 nitrogen and oxygen atoms in total. The third-order valence-corrected chi connectivity index (χ3v) is 7.02. The SMILES string of the molecule is CC(C(=O)N1CCCCC1)N1CCN(C(=O)CC(c2ccccc2)c2ccccc2)CC1. The van der Waals surface area contributed by atoms with E-state index in [1.54, 1.807) is 0 Å². The van der Waals surface area contributed by atoms with Gasteiger partial charge < -0.3 is 9.80 Å². The number of piperazine rings is 1. The van der Waals surface area contributed by atoms with Crippen molar-refractivity contribution in [3.63, 3.8) is 0 Å². The lowest BCUT2D eigenvalue weighted by atomic mass is 9.88. The smallest absolute Gasteiger partial charge is 0.239 e. The predicted octanol–water partition coefficient (Wildman–Crippen LogP) is 3.75. The summed E-state index contributed by atoms with van der Waals surface area (Å²) in [7, 11) is 0. The summed E-state index contributed by atoms with van der Waals surface area (Å²) in [5.74, 6) is 0.498. The van der Waals surface area contributed by atoms with Gasteiger partial charge in [-0.1, -0.05) is 60.7 Å². The molecule has 4 rings (SSSR count). The first-order valence-corrected chi connectivity index (χ1v) is 12.0. The number of hydrogen-bond donors (Lipinski definition) is 0. The molecule has 2 amide bonds. The molecule has 2 heterocycles. The molecule has 1 unspecified atom stereocenters. The van der Waals surface area contributed by atoms with Crippen LogP contribution in [0.4, 0.5) is 0 Å². The zero-order valence-electron chi connectivity index (χ0n) is 19.2. The van der Waals surface area contributed by atoms with Crippen LogP contribution in [0.5, 0.6) is 0 Å². The molecule has 5 heteroatoms. The van der Waals surface area contributed by atoms with Crippen molar-refractivity contribution in [3.05, 3.63) is 71.8 Å². The van der Waals surface area contributed by atoms with Crippen LogP contribution in [0.2, 0.25) is 0 Å². The Morgan fingerprint density at radius 3 is 1.78 bits per heavy atom. The van der Waals surface area contributed by atoms with Crippen molar-refractivity contribution in [2.75, 3.05) is 39.3 Å². The summed E-state index contributed by atoms with van der Waals surface area (Å²) >= 11 is 0. The van der Waals surface area contributed by atoms with Crippen molar-refractivity contribution < 1.29 is 9.59 Å². The molecule has 2 saturated heterocycles. The highest BCUT2D eigenvalue weighted by atomic mass is 16.2. The first-order chi connectivity index (χ1) is 15.6. The van der Waals surface area contributed by atoms with Crippen molar-refractivity contribution in [3.8, 4) is 0 Å². The Bertz CT molecular complexity index is 833. The van der Waals surface area contributed by atoms with E-state index in [0.717, 1.165) is 39.0 Å². The summed E-state index contributed by atoms with van der Waals surface area (Å²) in [6.45, 7) is 6.69. The minimum Gasteiger partial charge on any atom is -0.341 e. The highest BCUT2D eigenvalue weighted by Crippen LogP contribution is 2.29. The molecular formula is C27H35N3O2. The summed E-state index contributed by atoms with van der Waals surface area (Å²) in [5.41, 5.74) is 2.35. The van der Waals surface area contributed by atoms with Gasteiger partial charge in [0.05, 0.1) is 6.04 Å². The summed E-state index contributed by atoms with van der Waals surface area (Å²) in [6.07, 6.45) is 3.93. The lowest BCUT2D eigenvalue weighted by Crippen LogP contribution is -2.56. The van der Waals surface area contributed by atoms with Crippen LogP contribution in [0.25, 0.3) is 0 Å². The highest BCUT2D eigenvalue weighted by molar-refractivity contribution is 5.82. The number of piperidine rings is 1. The number of likely N-dealkylation sites (tertiary alicyclic amines) is 1. The lowest BCUT2D eigenvalue weighted by Gasteiger charge is -2.40. The summed E-state index contributed by atoms with van der Waals surface area (Å²) in [6, 6.07) is 20.5. The number of amides is 2. The van der Waals surface area contributed by atoms with E-state index in [0.29, 0.717) is 19.5 Å². The molecule has 2 aliphatic rings. The van der Waals surface area contributed by atoms with Crippen molar-refractivity contribution in [1.82, 2.24) is 14.7 Å². The van der Waals surface area contributed by atoms with Gasteiger partial charge in [-0.05, 0) is 37.3 Å². The molecule has 2 aromatic carbocycles. The first-order valence-electron chi connectivity index (χ1n) is 12.0. The van der Waals surface area contributed by atoms with Gasteiger partial charge in [-0.3, -0.25) is 14.5 Å². The van der Waals surface area contributed by atoms with Crippen LogP contribution in [0.1, 0.15) is 49.7 Å². The van der Waals surface area contributed by atoms with Gasteiger partial charge >= 0.3 is 0 Å². The van der Waals surface area contributed by atoms with Gasteiger partial charge in [0.15, 0.2) is 0 Å². The Balaban J connectivity index is 1.35. The number of nitrogens with zero attached hydrogens (tertiary/aromatic N) is 3. The Morgan fingerprint density at radius 2 is 1.25 bits per heavy atom. The van der Waals surface area contributed by atoms with Gasteiger partial charge in [0.25, 0.3) is 0 Å². The molecule has 2 fully saturated rings. The van der Waals surface area contributed by atoms with E-state index in [1.807, 2.05) is 53.1 Å². The fraction of sp³-hybridized carbons (Fsp3) is 0.481. The Hall–Kier alpha value is -2.66. The fourth-order valence-corrected chi connectivity index (χ4v) is 5.00. The van der Waals surface area contributed by atoms with E-state index in [9.17, 15) is 9.59 Å². The van der Waals surface area contributed by atoms with Crippen LogP contribution >= 0.6 is 0 Å². The standard InChI is InChI=1S/C27H35N3O2/c1-22(27(32)30-15-9-4-10-16-30)28-17-19-29(20-18-28)26(31)21-25(23-11-5-2-6-12-23)24-13-7-3-8-14-24/h2-3,5-8,11-14,22,25H,4,9-10,15-21H2,1H3. The van der Waals surface area contributed by atoms with E-state index >= 15 is 0 Å². The molecule has 0 aromatic heterocycles. The minimum absolute atomic E-state index is 0.0579. The van der Waals surface area contributed by atoms with Gasteiger partial charge in [0.2, 0.25) is 11.8 Å². The van der Waals surface area contributed by atoms with Crippen LogP contribution in [0.15, 0.2) is 60.7 Å². The second-order valence-corrected chi connectivity index (χ2v) is 9.06. The third-order valence-electron chi connectivity index (χ3n) is 7.02. The molecule has 0 N–H and O–H groups in total. The monoisotopic (exact) mass is 433 g/mol. The van der Waals surface area contributed by atoms with Crippen LogP contribution in [0.3, 0.4) is 0 Å². The normalized spacial score (nSPS) is 18.6. The maximum atomic E-state index is 13.2. The van der Waals surface area contributed by atoms with Crippen LogP contribution in [-0.4, -0.2) is 71.8 Å². The molecule has 32 heavy (non-hydrogen) atoms. The molecule has 2 aliphatic heterocycles. The van der Waals surface area contributed by atoms with E-state index in [2.05, 4.69) is 29.2 Å². The molecule has 0 spiro atoms. The number of carbonyl (C=O) groups is 2. The highest BCUT2D eigenvalue weighted by Gasteiger charge is 2.31. The van der Waals surface area contributed by atoms with Crippen molar-refractivity contribution >= 4 is 11.8 Å². The van der Waals surface area contributed by atoms with Gasteiger partial charge in [-0.2, -0.15) is 0 Å². The average Bonchev–Trinajstić information content (AvgIpc) is 2.88. The minimum atomic E-state index is -0.105. The van der Waals surface area contributed by atoms with Crippen LogP contribution in [-0.2, 0) is 9.59 Å². The number of hydrogen-bond acceptors (Lipinski definition) is 3. The van der Waals surface area contributed by atoms with Gasteiger partial charge in [-0.15, -0.1) is 0 Å². The molecule has 1 atom stereocenters. The molecule has 0 radical (unpaired) electrons. The van der Waals surface area contributed by atoms with Gasteiger partial charge in [0, 0.05) is 51.6 Å². The van der Waals surface area contributed by atoms with Crippen molar-refractivity contribution in [2.24, 2.45) is 0 Å². The van der Waals surface area contributed by atoms with Crippen LogP contribution in [0, 0.1) is 0 Å². The van der Waals surface area contributed by atoms with E-state index in [4.69, 9.17) is 0 Å². The zero-order chi connectivity index (χ0) is 22.3. The van der Waals surface area contributed by atoms with Gasteiger partial charge in [-0.25, -0.2) is 0 Å². The van der Waals surface area contributed by atoms with E-state index < -0.39 is 0 Å². The summed E-state index contributed by atoms with van der Waals surface area (Å²) in [4.78, 5) is 32.4. The molecular weight excluding hydrogens is 398 g/mol. The number of carbonyl (C=O) groups excluding carboxylic acids is 2. The molecule has 0 saturated carbocycles. The Morgan fingerprint density at radius 1 is 0.719 bits per heavy atom. The molecule has 2 aromatic rings. The number of benzene rings is 2. The Labute approximate surface area is 192 Å². The maximum Gasteiger partial charge on any atom is 0.239 e. The zero-order valence-corrected chi connectivity index (χ0v) is 19.2. The third kappa shape index (κ3) is 5.39. The van der Waals surface area contributed by atoms with Crippen molar-refractivity contribution in [1.29, 1.82) is 0 Å². The lowest BCUT2D eigenvalue weighted by molar-refractivity contribution is -0.139. The second kappa shape index (κ2) is 10.8. The molecule has 170 valence electrons. The first kappa shape index (κ1) is 22.5. The van der Waals surface area contributed by atoms with Crippen molar-refractivity contribution in [2.45, 2.75) is 44.6 Å².